The van der Waals surface area contributed by atoms with Crippen LogP contribution >= 0.6 is 23.8 Å². The Morgan fingerprint density at radius 2 is 1.71 bits per heavy atom. The van der Waals surface area contributed by atoms with Crippen LogP contribution in [0.25, 0.3) is 11.8 Å². The fraction of sp³-hybridized carbons (Fsp3) is 0.160. The Hall–Kier alpha value is -3.62. The third-order valence-corrected chi connectivity index (χ3v) is 6.12. The van der Waals surface area contributed by atoms with E-state index in [1.807, 2.05) is 48.7 Å². The molecule has 2 heterocycles. The number of benzene rings is 2. The summed E-state index contributed by atoms with van der Waals surface area (Å²) in [5.41, 5.74) is 3.79. The summed E-state index contributed by atoms with van der Waals surface area (Å²) in [7, 11) is 3.01. The second kappa shape index (κ2) is 9.32. The molecule has 34 heavy (non-hydrogen) atoms. The van der Waals surface area contributed by atoms with Gasteiger partial charge in [-0.1, -0.05) is 11.6 Å². The predicted molar refractivity (Wildman–Crippen MR) is 136 cm³/mol. The Labute approximate surface area is 207 Å². The molecule has 0 atom stereocenters. The molecule has 2 aromatic carbocycles. The molecule has 1 saturated heterocycles. The van der Waals surface area contributed by atoms with Gasteiger partial charge in [-0.3, -0.25) is 14.9 Å². The van der Waals surface area contributed by atoms with Gasteiger partial charge >= 0.3 is 0 Å². The van der Waals surface area contributed by atoms with Crippen LogP contribution in [0.15, 0.2) is 54.1 Å². The first-order chi connectivity index (χ1) is 16.2. The molecule has 2 amide bonds. The number of halogens is 1. The van der Waals surface area contributed by atoms with Gasteiger partial charge in [-0.15, -0.1) is 0 Å². The van der Waals surface area contributed by atoms with Gasteiger partial charge in [0.1, 0.15) is 17.1 Å². The number of hydrogen-bond donors (Lipinski definition) is 1. The van der Waals surface area contributed by atoms with E-state index in [4.69, 9.17) is 33.3 Å². The summed E-state index contributed by atoms with van der Waals surface area (Å²) in [6.07, 6.45) is 1.58. The lowest BCUT2D eigenvalue weighted by Gasteiger charge is -2.30. The van der Waals surface area contributed by atoms with Gasteiger partial charge in [-0.05, 0) is 80.2 Å². The van der Waals surface area contributed by atoms with Crippen molar-refractivity contribution in [3.63, 3.8) is 0 Å². The molecule has 1 aliphatic heterocycles. The average molecular weight is 496 g/mol. The maximum Gasteiger partial charge on any atom is 0.270 e. The van der Waals surface area contributed by atoms with E-state index < -0.39 is 11.8 Å². The molecular weight excluding hydrogens is 474 g/mol. The Morgan fingerprint density at radius 1 is 1.00 bits per heavy atom. The van der Waals surface area contributed by atoms with Crippen molar-refractivity contribution in [2.75, 3.05) is 19.1 Å². The first-order valence-corrected chi connectivity index (χ1v) is 11.1. The van der Waals surface area contributed by atoms with Crippen molar-refractivity contribution in [3.8, 4) is 17.2 Å². The van der Waals surface area contributed by atoms with Crippen molar-refractivity contribution in [3.05, 3.63) is 76.1 Å². The highest BCUT2D eigenvalue weighted by atomic mass is 35.5. The summed E-state index contributed by atoms with van der Waals surface area (Å²) >= 11 is 11.4. The second-order valence-corrected chi connectivity index (χ2v) is 8.46. The topological polar surface area (TPSA) is 72.8 Å². The number of anilines is 1. The van der Waals surface area contributed by atoms with E-state index in [0.29, 0.717) is 22.2 Å². The van der Waals surface area contributed by atoms with E-state index in [2.05, 4.69) is 5.32 Å². The number of amides is 2. The predicted octanol–water partition coefficient (Wildman–Crippen LogP) is 4.60. The number of rotatable bonds is 5. The zero-order valence-electron chi connectivity index (χ0n) is 19.0. The van der Waals surface area contributed by atoms with E-state index in [9.17, 15) is 9.59 Å². The Morgan fingerprint density at radius 3 is 2.35 bits per heavy atom. The van der Waals surface area contributed by atoms with E-state index in [-0.39, 0.29) is 10.7 Å². The molecule has 1 N–H and O–H groups in total. The Balaban J connectivity index is 1.78. The molecule has 0 bridgehead atoms. The largest absolute Gasteiger partial charge is 0.497 e. The summed E-state index contributed by atoms with van der Waals surface area (Å²) in [6, 6.07) is 14.4. The molecule has 1 aromatic heterocycles. The SMILES string of the molecule is COc1ccc(OC)c(N2C(=O)C(=Cc3cc(C)n(-c4ccc(Cl)cc4)c3C)C(=O)NC2=S)c1. The molecule has 0 saturated carbocycles. The second-order valence-electron chi connectivity index (χ2n) is 7.63. The molecule has 3 aromatic rings. The summed E-state index contributed by atoms with van der Waals surface area (Å²) in [4.78, 5) is 27.6. The molecule has 0 unspecified atom stereocenters. The van der Waals surface area contributed by atoms with Crippen LogP contribution in [0.5, 0.6) is 11.5 Å². The monoisotopic (exact) mass is 495 g/mol. The molecule has 9 heteroatoms. The third kappa shape index (κ3) is 4.18. The third-order valence-electron chi connectivity index (χ3n) is 5.58. The number of carbonyl (C=O) groups excluding carboxylic acids is 2. The van der Waals surface area contributed by atoms with Crippen molar-refractivity contribution in [2.24, 2.45) is 0 Å². The first kappa shape index (κ1) is 23.5. The lowest BCUT2D eigenvalue weighted by Crippen LogP contribution is -2.54. The zero-order chi connectivity index (χ0) is 24.6. The molecule has 0 spiro atoms. The smallest absolute Gasteiger partial charge is 0.270 e. The van der Waals surface area contributed by atoms with Gasteiger partial charge in [-0.2, -0.15) is 0 Å². The highest BCUT2D eigenvalue weighted by Crippen LogP contribution is 2.35. The highest BCUT2D eigenvalue weighted by molar-refractivity contribution is 7.80. The van der Waals surface area contributed by atoms with Gasteiger partial charge in [0.15, 0.2) is 5.11 Å². The average Bonchev–Trinajstić information content (AvgIpc) is 3.09. The van der Waals surface area contributed by atoms with Crippen LogP contribution < -0.4 is 19.7 Å². The van der Waals surface area contributed by atoms with Crippen molar-refractivity contribution >= 4 is 52.5 Å². The number of nitrogens with zero attached hydrogens (tertiary/aromatic N) is 2. The fourth-order valence-corrected chi connectivity index (χ4v) is 4.32. The number of thiocarbonyl (C=S) groups is 1. The molecule has 0 aliphatic carbocycles. The number of ether oxygens (including phenoxy) is 2. The lowest BCUT2D eigenvalue weighted by atomic mass is 10.1. The maximum atomic E-state index is 13.5. The van der Waals surface area contributed by atoms with Crippen molar-refractivity contribution in [1.29, 1.82) is 0 Å². The number of aromatic nitrogens is 1. The highest BCUT2D eigenvalue weighted by Gasteiger charge is 2.36. The summed E-state index contributed by atoms with van der Waals surface area (Å²) in [5.74, 6) is -0.200. The number of methoxy groups -OCH3 is 2. The summed E-state index contributed by atoms with van der Waals surface area (Å²) in [5, 5.41) is 3.21. The minimum atomic E-state index is -0.565. The van der Waals surface area contributed by atoms with Crippen LogP contribution in [-0.2, 0) is 9.59 Å². The summed E-state index contributed by atoms with van der Waals surface area (Å²) in [6.45, 7) is 3.88. The van der Waals surface area contributed by atoms with Crippen molar-refractivity contribution in [1.82, 2.24) is 9.88 Å². The molecular formula is C25H22ClN3O4S. The maximum absolute atomic E-state index is 13.5. The van der Waals surface area contributed by atoms with E-state index in [1.165, 1.54) is 19.1 Å². The molecule has 174 valence electrons. The van der Waals surface area contributed by atoms with Gasteiger partial charge < -0.3 is 14.0 Å². The number of hydrogen-bond acceptors (Lipinski definition) is 5. The van der Waals surface area contributed by atoms with Crippen LogP contribution in [0.3, 0.4) is 0 Å². The van der Waals surface area contributed by atoms with E-state index in [1.54, 1.807) is 24.3 Å². The van der Waals surface area contributed by atoms with Crippen molar-refractivity contribution < 1.29 is 19.1 Å². The first-order valence-electron chi connectivity index (χ1n) is 10.3. The van der Waals surface area contributed by atoms with Crippen molar-refractivity contribution in [2.45, 2.75) is 13.8 Å². The van der Waals surface area contributed by atoms with Crippen LogP contribution in [0, 0.1) is 13.8 Å². The normalized spacial score (nSPS) is 15.0. The van der Waals surface area contributed by atoms with Gasteiger partial charge in [0.05, 0.1) is 19.9 Å². The minimum Gasteiger partial charge on any atom is -0.497 e. The minimum absolute atomic E-state index is 0.0367. The van der Waals surface area contributed by atoms with Crippen LogP contribution in [0.1, 0.15) is 17.0 Å². The van der Waals surface area contributed by atoms with Crippen LogP contribution in [0.2, 0.25) is 5.02 Å². The summed E-state index contributed by atoms with van der Waals surface area (Å²) < 4.78 is 12.7. The van der Waals surface area contributed by atoms with Crippen LogP contribution in [-0.4, -0.2) is 35.7 Å². The van der Waals surface area contributed by atoms with E-state index in [0.717, 1.165) is 22.6 Å². The van der Waals surface area contributed by atoms with Gasteiger partial charge in [0, 0.05) is 28.2 Å². The van der Waals surface area contributed by atoms with Gasteiger partial charge in [0.2, 0.25) is 0 Å². The lowest BCUT2D eigenvalue weighted by molar-refractivity contribution is -0.122. The Bertz CT molecular complexity index is 1340. The molecule has 0 radical (unpaired) electrons. The van der Waals surface area contributed by atoms with Gasteiger partial charge in [0.25, 0.3) is 11.8 Å². The molecule has 1 aliphatic rings. The van der Waals surface area contributed by atoms with E-state index >= 15 is 0 Å². The molecule has 4 rings (SSSR count). The number of nitrogens with one attached hydrogen (secondary N) is 1. The standard InChI is InChI=1S/C25H22ClN3O4S/c1-14-11-16(15(2)28(14)18-7-5-17(26)6-8-18)12-20-23(30)27-25(34)29(24(20)31)21-13-19(32-3)9-10-22(21)33-4/h5-13H,1-4H3,(H,27,30,34). The molecule has 7 nitrogen and oxygen atoms in total. The van der Waals surface area contributed by atoms with Gasteiger partial charge in [-0.25, -0.2) is 4.90 Å². The van der Waals surface area contributed by atoms with Crippen LogP contribution in [0.4, 0.5) is 5.69 Å². The number of aryl methyl sites for hydroxylation is 1. The number of carbonyl (C=O) groups is 2. The zero-order valence-corrected chi connectivity index (χ0v) is 20.6. The quantitative estimate of drug-likeness (QED) is 0.318. The molecule has 1 fully saturated rings. The Kier molecular flexibility index (Phi) is 6.45. The fourth-order valence-electron chi connectivity index (χ4n) is 3.92.